The molecule has 0 spiro atoms. The first-order valence-corrected chi connectivity index (χ1v) is 23.1. The van der Waals surface area contributed by atoms with Crippen LogP contribution in [-0.4, -0.2) is 18.4 Å². The second-order valence-electron chi connectivity index (χ2n) is 9.90. The number of benzene rings is 5. The van der Waals surface area contributed by atoms with Gasteiger partial charge in [0.1, 0.15) is 0 Å². The molecule has 5 aromatic carbocycles. The molecule has 35 heavy (non-hydrogen) atoms. The summed E-state index contributed by atoms with van der Waals surface area (Å²) in [5, 5.41) is 0. The molecule has 0 unspecified atom stereocenters. The Hall–Kier alpha value is -2.37. The number of hydrogen-bond donors (Lipinski definition) is 0. The summed E-state index contributed by atoms with van der Waals surface area (Å²) in [4.78, 5) is 7.64. The summed E-state index contributed by atoms with van der Waals surface area (Å²) in [5.74, 6) is 0. The first-order chi connectivity index (χ1) is 17.0. The minimum atomic E-state index is -2.64. The van der Waals surface area contributed by atoms with E-state index in [1.54, 1.807) is 3.58 Å². The van der Waals surface area contributed by atoms with Crippen molar-refractivity contribution < 1.29 is 0 Å². The molecule has 5 rings (SSSR count). The van der Waals surface area contributed by atoms with Crippen LogP contribution < -0.4 is 3.58 Å². The molecule has 0 atom stereocenters. The van der Waals surface area contributed by atoms with E-state index in [1.165, 1.54) is 48.1 Å². The van der Waals surface area contributed by atoms with Crippen LogP contribution in [0.1, 0.15) is 0 Å². The average molecular weight is 671 g/mol. The molecule has 5 aromatic rings. The third-order valence-electron chi connectivity index (χ3n) is 6.44. The van der Waals surface area contributed by atoms with Gasteiger partial charge in [0.05, 0.1) is 0 Å². The molecule has 0 radical (unpaired) electrons. The molecule has 0 saturated heterocycles. The molecule has 2 heteroatoms. The van der Waals surface area contributed by atoms with Gasteiger partial charge >= 0.3 is 229 Å². The maximum absolute atomic E-state index is 2.66. The van der Waals surface area contributed by atoms with Gasteiger partial charge in [-0.05, 0) is 0 Å². The molecule has 172 valence electrons. The van der Waals surface area contributed by atoms with Crippen molar-refractivity contribution in [3.05, 3.63) is 125 Å². The first kappa shape index (κ1) is 24.3. The SMILES string of the molecule is [CH3][Sn]([CH3])([CH3])[c]1c(I)c(-c2ccccc2)c(-c2ccccc2)c(-c2ccccc2)c1-c1ccccc1. The third kappa shape index (κ3) is 4.85. The van der Waals surface area contributed by atoms with Crippen LogP contribution in [0.3, 0.4) is 0 Å². The van der Waals surface area contributed by atoms with Crippen LogP contribution in [0.15, 0.2) is 121 Å². The summed E-state index contributed by atoms with van der Waals surface area (Å²) in [6.07, 6.45) is 0. The Kier molecular flexibility index (Phi) is 7.17. The van der Waals surface area contributed by atoms with E-state index in [9.17, 15) is 0 Å². The topological polar surface area (TPSA) is 0 Å². The van der Waals surface area contributed by atoms with Gasteiger partial charge in [0, 0.05) is 0 Å². The van der Waals surface area contributed by atoms with Gasteiger partial charge in [0.2, 0.25) is 0 Å². The number of rotatable bonds is 5. The fourth-order valence-electron chi connectivity index (χ4n) is 4.98. The van der Waals surface area contributed by atoms with E-state index in [4.69, 9.17) is 0 Å². The zero-order chi connectivity index (χ0) is 24.4. The quantitative estimate of drug-likeness (QED) is 0.129. The van der Waals surface area contributed by atoms with E-state index >= 15 is 0 Å². The van der Waals surface area contributed by atoms with Gasteiger partial charge in [-0.2, -0.15) is 0 Å². The Morgan fingerprint density at radius 2 is 0.686 bits per heavy atom. The Labute approximate surface area is 227 Å². The first-order valence-electron chi connectivity index (χ1n) is 12.1. The standard InChI is InChI=1S/C30H20I.3CH3.Sn/c31-27-21-26(22-13-5-1-6-14-22)28(23-15-7-2-8-16-23)30(25-19-11-4-12-20-25)29(27)24-17-9-3-10-18-24;;;;/h1-20H;3*1H3;. The summed E-state index contributed by atoms with van der Waals surface area (Å²) < 4.78 is 3.01. The van der Waals surface area contributed by atoms with E-state index in [0.29, 0.717) is 0 Å². The molecule has 0 N–H and O–H groups in total. The zero-order valence-electron chi connectivity index (χ0n) is 20.4. The van der Waals surface area contributed by atoms with Gasteiger partial charge in [-0.1, -0.05) is 0 Å². The molecule has 0 nitrogen and oxygen atoms in total. The molecular formula is C33H29ISn. The molecular weight excluding hydrogens is 642 g/mol. The number of halogens is 1. The van der Waals surface area contributed by atoms with Crippen LogP contribution in [0, 0.1) is 3.57 Å². The van der Waals surface area contributed by atoms with Gasteiger partial charge in [0.15, 0.2) is 0 Å². The zero-order valence-corrected chi connectivity index (χ0v) is 25.4. The fraction of sp³-hybridized carbons (Fsp3) is 0.0909. The summed E-state index contributed by atoms with van der Waals surface area (Å²) in [5.41, 5.74) is 10.6. The van der Waals surface area contributed by atoms with Gasteiger partial charge in [-0.25, -0.2) is 0 Å². The third-order valence-corrected chi connectivity index (χ3v) is 14.7. The van der Waals surface area contributed by atoms with Crippen molar-refractivity contribution in [3.63, 3.8) is 0 Å². The Morgan fingerprint density at radius 3 is 1.03 bits per heavy atom. The molecule has 0 fully saturated rings. The normalized spacial score (nSPS) is 11.4. The second kappa shape index (κ2) is 10.3. The van der Waals surface area contributed by atoms with E-state index < -0.39 is 18.4 Å². The van der Waals surface area contributed by atoms with Crippen LogP contribution in [0.25, 0.3) is 44.5 Å². The molecule has 0 aliphatic rings. The predicted molar refractivity (Wildman–Crippen MR) is 164 cm³/mol. The molecule has 0 heterocycles. The predicted octanol–water partition coefficient (Wildman–Crippen LogP) is 9.50. The van der Waals surface area contributed by atoms with Crippen LogP contribution in [0.4, 0.5) is 0 Å². The van der Waals surface area contributed by atoms with E-state index in [-0.39, 0.29) is 0 Å². The van der Waals surface area contributed by atoms with Crippen molar-refractivity contribution in [2.75, 3.05) is 0 Å². The Morgan fingerprint density at radius 1 is 0.400 bits per heavy atom. The second-order valence-corrected chi connectivity index (χ2v) is 25.3. The van der Waals surface area contributed by atoms with Crippen LogP contribution in [-0.2, 0) is 0 Å². The van der Waals surface area contributed by atoms with Crippen molar-refractivity contribution in [1.29, 1.82) is 0 Å². The fourth-order valence-corrected chi connectivity index (χ4v) is 16.4. The van der Waals surface area contributed by atoms with Crippen LogP contribution in [0.5, 0.6) is 0 Å². The summed E-state index contributed by atoms with van der Waals surface area (Å²) >= 11 is 0.0206. The summed E-state index contributed by atoms with van der Waals surface area (Å²) in [6, 6.07) is 43.9. The van der Waals surface area contributed by atoms with Crippen molar-refractivity contribution in [1.82, 2.24) is 0 Å². The Balaban J connectivity index is 2.08. The van der Waals surface area contributed by atoms with Crippen molar-refractivity contribution in [3.8, 4) is 44.5 Å². The van der Waals surface area contributed by atoms with E-state index in [1.807, 2.05) is 0 Å². The van der Waals surface area contributed by atoms with Crippen molar-refractivity contribution in [2.24, 2.45) is 0 Å². The maximum atomic E-state index is 2.66. The van der Waals surface area contributed by atoms with Gasteiger partial charge in [-0.15, -0.1) is 0 Å². The summed E-state index contributed by atoms with van der Waals surface area (Å²) in [6.45, 7) is 0. The van der Waals surface area contributed by atoms with Crippen LogP contribution >= 0.6 is 22.6 Å². The molecule has 0 amide bonds. The molecule has 0 aliphatic heterocycles. The molecule has 0 aromatic heterocycles. The van der Waals surface area contributed by atoms with Gasteiger partial charge in [0.25, 0.3) is 0 Å². The molecule has 0 saturated carbocycles. The monoisotopic (exact) mass is 672 g/mol. The van der Waals surface area contributed by atoms with Crippen molar-refractivity contribution >= 4 is 44.5 Å². The minimum absolute atomic E-state index is 1.26. The molecule has 0 aliphatic carbocycles. The Bertz CT molecular complexity index is 1440. The van der Waals surface area contributed by atoms with Crippen LogP contribution in [0.2, 0.25) is 14.8 Å². The molecule has 0 bridgehead atoms. The van der Waals surface area contributed by atoms with Crippen molar-refractivity contribution in [2.45, 2.75) is 14.8 Å². The van der Waals surface area contributed by atoms with Gasteiger partial charge < -0.3 is 0 Å². The van der Waals surface area contributed by atoms with E-state index in [2.05, 4.69) is 159 Å². The van der Waals surface area contributed by atoms with Gasteiger partial charge in [-0.3, -0.25) is 0 Å². The van der Waals surface area contributed by atoms with E-state index in [0.717, 1.165) is 0 Å². The summed E-state index contributed by atoms with van der Waals surface area (Å²) in [7, 11) is 0. The number of hydrogen-bond acceptors (Lipinski definition) is 0. The average Bonchev–Trinajstić information content (AvgIpc) is 2.89.